The molecule has 2 aromatic rings. The first kappa shape index (κ1) is 26.3. The number of likely N-dealkylation sites (tertiary alicyclic amines) is 1. The van der Waals surface area contributed by atoms with Gasteiger partial charge in [0.1, 0.15) is 6.04 Å². The van der Waals surface area contributed by atoms with Crippen molar-refractivity contribution in [2.45, 2.75) is 68.8 Å². The SMILES string of the molecule is CC[C@@H]1CCCCN1CCNC(=O)[C@@H](Cc1ccccc1)NS(=O)(=O)c1ccc2c(c1)CCC(=O)N2. The molecule has 2 atom stereocenters. The number of carbonyl (C=O) groups is 2. The number of amides is 2. The van der Waals surface area contributed by atoms with Crippen molar-refractivity contribution in [1.29, 1.82) is 0 Å². The van der Waals surface area contributed by atoms with Gasteiger partial charge in [-0.1, -0.05) is 43.7 Å². The lowest BCUT2D eigenvalue weighted by molar-refractivity contribution is -0.122. The van der Waals surface area contributed by atoms with E-state index in [1.165, 1.54) is 25.3 Å². The van der Waals surface area contributed by atoms with Crippen LogP contribution < -0.4 is 15.4 Å². The minimum absolute atomic E-state index is 0.0781. The normalized spacial score (nSPS) is 19.2. The number of benzene rings is 2. The van der Waals surface area contributed by atoms with Crippen LogP contribution in [-0.4, -0.2) is 56.9 Å². The Labute approximate surface area is 213 Å². The standard InChI is InChI=1S/C27H36N4O4S/c1-2-22-10-6-7-16-31(22)17-15-28-27(33)25(18-20-8-4-3-5-9-20)30-36(34,35)23-12-13-24-21(19-23)11-14-26(32)29-24/h3-5,8-9,12-13,19,22,25,30H,2,6-7,10-11,14-18H2,1H3,(H,28,33)(H,29,32)/t22-,25-/m1/s1. The highest BCUT2D eigenvalue weighted by atomic mass is 32.2. The van der Waals surface area contributed by atoms with Gasteiger partial charge in [-0.15, -0.1) is 0 Å². The van der Waals surface area contributed by atoms with Gasteiger partial charge in [-0.25, -0.2) is 8.42 Å². The molecule has 0 bridgehead atoms. The molecule has 3 N–H and O–H groups in total. The average molecular weight is 513 g/mol. The molecular formula is C27H36N4O4S. The van der Waals surface area contributed by atoms with Gasteiger partial charge < -0.3 is 10.6 Å². The Bertz CT molecular complexity index is 1170. The van der Waals surface area contributed by atoms with Gasteiger partial charge in [-0.3, -0.25) is 14.5 Å². The highest BCUT2D eigenvalue weighted by molar-refractivity contribution is 7.89. The molecule has 0 radical (unpaired) electrons. The molecular weight excluding hydrogens is 476 g/mol. The number of piperidine rings is 1. The second-order valence-corrected chi connectivity index (χ2v) is 11.3. The lowest BCUT2D eigenvalue weighted by Gasteiger charge is -2.35. The molecule has 2 amide bonds. The zero-order chi connectivity index (χ0) is 25.5. The molecule has 0 saturated carbocycles. The van der Waals surface area contributed by atoms with Crippen LogP contribution in [0.15, 0.2) is 53.4 Å². The van der Waals surface area contributed by atoms with Gasteiger partial charge in [0.15, 0.2) is 0 Å². The van der Waals surface area contributed by atoms with E-state index in [2.05, 4.69) is 27.2 Å². The first-order valence-electron chi connectivity index (χ1n) is 12.9. The molecule has 36 heavy (non-hydrogen) atoms. The van der Waals surface area contributed by atoms with Crippen LogP contribution >= 0.6 is 0 Å². The third kappa shape index (κ3) is 6.72. The van der Waals surface area contributed by atoms with Crippen molar-refractivity contribution in [1.82, 2.24) is 14.9 Å². The van der Waals surface area contributed by atoms with Crippen molar-refractivity contribution in [3.63, 3.8) is 0 Å². The van der Waals surface area contributed by atoms with E-state index in [0.29, 0.717) is 31.1 Å². The number of nitrogens with one attached hydrogen (secondary N) is 3. The quantitative estimate of drug-likeness (QED) is 0.454. The summed E-state index contributed by atoms with van der Waals surface area (Å²) >= 11 is 0. The number of fused-ring (bicyclic) bond motifs is 1. The van der Waals surface area contributed by atoms with E-state index in [9.17, 15) is 18.0 Å². The lowest BCUT2D eigenvalue weighted by atomic mass is 10.0. The van der Waals surface area contributed by atoms with Gasteiger partial charge in [-0.2, -0.15) is 4.72 Å². The van der Waals surface area contributed by atoms with Gasteiger partial charge in [0, 0.05) is 31.2 Å². The lowest BCUT2D eigenvalue weighted by Crippen LogP contribution is -2.50. The van der Waals surface area contributed by atoms with Gasteiger partial charge in [-0.05, 0) is 68.0 Å². The van der Waals surface area contributed by atoms with Crippen LogP contribution in [0.2, 0.25) is 0 Å². The molecule has 2 aliphatic rings. The maximum atomic E-state index is 13.3. The minimum atomic E-state index is -3.96. The number of hydrogen-bond acceptors (Lipinski definition) is 5. The number of nitrogens with zero attached hydrogens (tertiary/aromatic N) is 1. The van der Waals surface area contributed by atoms with Gasteiger partial charge in [0.2, 0.25) is 21.8 Å². The fourth-order valence-corrected chi connectivity index (χ4v) is 6.33. The van der Waals surface area contributed by atoms with Crippen molar-refractivity contribution in [3.8, 4) is 0 Å². The fraction of sp³-hybridized carbons (Fsp3) is 0.481. The highest BCUT2D eigenvalue weighted by Gasteiger charge is 2.28. The second-order valence-electron chi connectivity index (χ2n) is 9.62. The van der Waals surface area contributed by atoms with E-state index in [0.717, 1.165) is 30.6 Å². The maximum Gasteiger partial charge on any atom is 0.241 e. The van der Waals surface area contributed by atoms with Crippen LogP contribution in [0.25, 0.3) is 0 Å². The second kappa shape index (κ2) is 12.0. The molecule has 4 rings (SSSR count). The third-order valence-corrected chi connectivity index (χ3v) is 8.57. The summed E-state index contributed by atoms with van der Waals surface area (Å²) in [6.07, 6.45) is 5.74. The van der Waals surface area contributed by atoms with E-state index in [1.54, 1.807) is 12.1 Å². The molecule has 1 fully saturated rings. The van der Waals surface area contributed by atoms with Gasteiger partial charge in [0.25, 0.3) is 0 Å². The summed E-state index contributed by atoms with van der Waals surface area (Å²) in [4.78, 5) is 27.4. The predicted molar refractivity (Wildman–Crippen MR) is 140 cm³/mol. The zero-order valence-electron chi connectivity index (χ0n) is 20.8. The molecule has 9 heteroatoms. The molecule has 8 nitrogen and oxygen atoms in total. The van der Waals surface area contributed by atoms with E-state index >= 15 is 0 Å². The molecule has 0 spiro atoms. The van der Waals surface area contributed by atoms with Crippen molar-refractivity contribution in [2.24, 2.45) is 0 Å². The molecule has 2 aliphatic heterocycles. The largest absolute Gasteiger partial charge is 0.353 e. The highest BCUT2D eigenvalue weighted by Crippen LogP contribution is 2.25. The summed E-state index contributed by atoms with van der Waals surface area (Å²) in [6, 6.07) is 13.6. The summed E-state index contributed by atoms with van der Waals surface area (Å²) in [6.45, 7) is 4.46. The number of carbonyl (C=O) groups excluding carboxylic acids is 2. The van der Waals surface area contributed by atoms with Crippen LogP contribution in [0.4, 0.5) is 5.69 Å². The van der Waals surface area contributed by atoms with E-state index in [-0.39, 0.29) is 23.1 Å². The van der Waals surface area contributed by atoms with Gasteiger partial charge >= 0.3 is 0 Å². The van der Waals surface area contributed by atoms with Crippen LogP contribution in [0.5, 0.6) is 0 Å². The first-order chi connectivity index (χ1) is 17.4. The number of aryl methyl sites for hydroxylation is 1. The van der Waals surface area contributed by atoms with Crippen molar-refractivity contribution in [2.75, 3.05) is 25.0 Å². The predicted octanol–water partition coefficient (Wildman–Crippen LogP) is 2.84. The van der Waals surface area contributed by atoms with Crippen LogP contribution in [0.1, 0.15) is 50.2 Å². The van der Waals surface area contributed by atoms with Crippen LogP contribution in [0, 0.1) is 0 Å². The number of hydrogen-bond donors (Lipinski definition) is 3. The molecule has 194 valence electrons. The summed E-state index contributed by atoms with van der Waals surface area (Å²) in [5.41, 5.74) is 2.27. The Balaban J connectivity index is 1.46. The average Bonchev–Trinajstić information content (AvgIpc) is 2.88. The fourth-order valence-electron chi connectivity index (χ4n) is 5.08. The van der Waals surface area contributed by atoms with Crippen LogP contribution in [-0.2, 0) is 32.5 Å². The molecule has 2 aromatic carbocycles. The maximum absolute atomic E-state index is 13.3. The Morgan fingerprint density at radius 2 is 1.94 bits per heavy atom. The Morgan fingerprint density at radius 1 is 1.14 bits per heavy atom. The summed E-state index contributed by atoms with van der Waals surface area (Å²) in [5.74, 6) is -0.414. The zero-order valence-corrected chi connectivity index (χ0v) is 21.6. The van der Waals surface area contributed by atoms with Crippen molar-refractivity contribution >= 4 is 27.5 Å². The monoisotopic (exact) mass is 512 g/mol. The van der Waals surface area contributed by atoms with Crippen molar-refractivity contribution < 1.29 is 18.0 Å². The number of rotatable bonds is 10. The third-order valence-electron chi connectivity index (χ3n) is 7.10. The summed E-state index contributed by atoms with van der Waals surface area (Å²) in [7, 11) is -3.96. The molecule has 0 unspecified atom stereocenters. The first-order valence-corrected chi connectivity index (χ1v) is 14.3. The van der Waals surface area contributed by atoms with Crippen molar-refractivity contribution in [3.05, 3.63) is 59.7 Å². The molecule has 0 aromatic heterocycles. The smallest absolute Gasteiger partial charge is 0.241 e. The summed E-state index contributed by atoms with van der Waals surface area (Å²) < 4.78 is 29.2. The van der Waals surface area contributed by atoms with E-state index in [1.807, 2.05) is 30.3 Å². The van der Waals surface area contributed by atoms with Gasteiger partial charge in [0.05, 0.1) is 4.90 Å². The molecule has 0 aliphatic carbocycles. The van der Waals surface area contributed by atoms with Crippen LogP contribution in [0.3, 0.4) is 0 Å². The molecule has 2 heterocycles. The summed E-state index contributed by atoms with van der Waals surface area (Å²) in [5, 5.41) is 5.73. The Morgan fingerprint density at radius 3 is 2.72 bits per heavy atom. The Kier molecular flexibility index (Phi) is 8.77. The molecule has 1 saturated heterocycles. The number of anilines is 1. The van der Waals surface area contributed by atoms with E-state index in [4.69, 9.17) is 0 Å². The Hall–Kier alpha value is -2.75. The topological polar surface area (TPSA) is 108 Å². The van der Waals surface area contributed by atoms with E-state index < -0.39 is 16.1 Å². The minimum Gasteiger partial charge on any atom is -0.353 e. The number of sulfonamides is 1.